The Balaban J connectivity index is 1.94. The van der Waals surface area contributed by atoms with Crippen LogP contribution in [0.1, 0.15) is 20.8 Å². The highest BCUT2D eigenvalue weighted by Crippen LogP contribution is 2.23. The molecule has 2 rings (SSSR count). The molecular weight excluding hydrogens is 234 g/mol. The predicted molar refractivity (Wildman–Crippen MR) is 71.7 cm³/mol. The Morgan fingerprint density at radius 3 is 2.82 bits per heavy atom. The molecule has 0 unspecified atom stereocenters. The van der Waals surface area contributed by atoms with Crippen molar-refractivity contribution in [2.45, 2.75) is 32.4 Å². The van der Waals surface area contributed by atoms with Crippen LogP contribution >= 0.6 is 11.3 Å². The molecular formula is C12H21N3OS. The summed E-state index contributed by atoms with van der Waals surface area (Å²) in [5.41, 5.74) is -0.608. The molecule has 0 aromatic carbocycles. The minimum atomic E-state index is -0.608. The van der Waals surface area contributed by atoms with Crippen molar-refractivity contribution in [3.8, 4) is 0 Å². The molecule has 1 N–H and O–H groups in total. The van der Waals surface area contributed by atoms with Crippen LogP contribution in [-0.4, -0.2) is 52.8 Å². The smallest absolute Gasteiger partial charge is 0.185 e. The molecule has 1 aliphatic rings. The maximum absolute atomic E-state index is 9.84. The number of rotatable bonds is 3. The van der Waals surface area contributed by atoms with Crippen LogP contribution in [0.5, 0.6) is 0 Å². The first-order chi connectivity index (χ1) is 7.96. The highest BCUT2D eigenvalue weighted by atomic mass is 32.1. The van der Waals surface area contributed by atoms with Crippen molar-refractivity contribution in [1.82, 2.24) is 9.88 Å². The minimum Gasteiger partial charge on any atom is -0.389 e. The third kappa shape index (κ3) is 3.40. The maximum Gasteiger partial charge on any atom is 0.185 e. The number of hydrogen-bond acceptors (Lipinski definition) is 5. The van der Waals surface area contributed by atoms with E-state index in [9.17, 15) is 5.11 Å². The van der Waals surface area contributed by atoms with Crippen molar-refractivity contribution in [2.75, 3.05) is 31.1 Å². The van der Waals surface area contributed by atoms with Gasteiger partial charge in [-0.25, -0.2) is 4.98 Å². The molecule has 0 aliphatic carbocycles. The highest BCUT2D eigenvalue weighted by Gasteiger charge is 2.28. The molecule has 1 fully saturated rings. The van der Waals surface area contributed by atoms with Gasteiger partial charge in [-0.1, -0.05) is 0 Å². The molecule has 1 saturated heterocycles. The number of thiazole rings is 1. The molecule has 96 valence electrons. The third-order valence-corrected chi connectivity index (χ3v) is 3.80. The van der Waals surface area contributed by atoms with Crippen molar-refractivity contribution < 1.29 is 5.11 Å². The summed E-state index contributed by atoms with van der Waals surface area (Å²) in [4.78, 5) is 9.05. The summed E-state index contributed by atoms with van der Waals surface area (Å²) in [6.07, 6.45) is 1.86. The fraction of sp³-hybridized carbons (Fsp3) is 0.750. The van der Waals surface area contributed by atoms with Crippen molar-refractivity contribution in [2.24, 2.45) is 0 Å². The van der Waals surface area contributed by atoms with Gasteiger partial charge in [0, 0.05) is 43.8 Å². The van der Waals surface area contributed by atoms with Gasteiger partial charge in [0.1, 0.15) is 0 Å². The van der Waals surface area contributed by atoms with Crippen molar-refractivity contribution in [1.29, 1.82) is 0 Å². The van der Waals surface area contributed by atoms with Gasteiger partial charge in [-0.2, -0.15) is 0 Å². The summed E-state index contributed by atoms with van der Waals surface area (Å²) in [7, 11) is 0. The number of anilines is 1. The van der Waals surface area contributed by atoms with Gasteiger partial charge in [-0.05, 0) is 20.8 Å². The molecule has 1 aromatic heterocycles. The molecule has 17 heavy (non-hydrogen) atoms. The number of aliphatic hydroxyl groups is 1. The molecule has 2 heterocycles. The second-order valence-electron chi connectivity index (χ2n) is 5.40. The standard InChI is InChI=1S/C12H21N3OS/c1-10-8-14(9-12(2,3)16)5-6-15(10)11-13-4-7-17-11/h4,7,10,16H,5-6,8-9H2,1-3H3/t10-/m1/s1. The van der Waals surface area contributed by atoms with Gasteiger partial charge in [0.15, 0.2) is 5.13 Å². The zero-order valence-corrected chi connectivity index (χ0v) is 11.6. The van der Waals surface area contributed by atoms with E-state index in [1.807, 2.05) is 25.4 Å². The number of β-amino-alcohol motifs (C(OH)–C–C–N with tert-alkyl or cyclic N) is 1. The van der Waals surface area contributed by atoms with Crippen LogP contribution in [0.2, 0.25) is 0 Å². The Morgan fingerprint density at radius 1 is 1.53 bits per heavy atom. The molecule has 1 aromatic rings. The molecule has 4 nitrogen and oxygen atoms in total. The number of nitrogens with zero attached hydrogens (tertiary/aromatic N) is 3. The first-order valence-corrected chi connectivity index (χ1v) is 6.94. The van der Waals surface area contributed by atoms with Crippen molar-refractivity contribution in [3.63, 3.8) is 0 Å². The van der Waals surface area contributed by atoms with Gasteiger partial charge in [-0.15, -0.1) is 11.3 Å². The third-order valence-electron chi connectivity index (χ3n) is 2.99. The fourth-order valence-corrected chi connectivity index (χ4v) is 3.14. The molecule has 1 aliphatic heterocycles. The SMILES string of the molecule is C[C@@H]1CN(CC(C)(C)O)CCN1c1nccs1. The van der Waals surface area contributed by atoms with Crippen molar-refractivity contribution >= 4 is 16.5 Å². The Bertz CT molecular complexity index is 347. The lowest BCUT2D eigenvalue weighted by Gasteiger charge is -2.41. The summed E-state index contributed by atoms with van der Waals surface area (Å²) < 4.78 is 0. The first kappa shape index (κ1) is 12.8. The lowest BCUT2D eigenvalue weighted by atomic mass is 10.1. The molecule has 0 radical (unpaired) electrons. The van der Waals surface area contributed by atoms with Gasteiger partial charge < -0.3 is 10.0 Å². The molecule has 0 saturated carbocycles. The summed E-state index contributed by atoms with van der Waals surface area (Å²) in [6.45, 7) is 9.67. The van der Waals surface area contributed by atoms with E-state index in [2.05, 4.69) is 21.7 Å². The average Bonchev–Trinajstić information content (AvgIpc) is 2.68. The fourth-order valence-electron chi connectivity index (χ4n) is 2.37. The molecule has 1 atom stereocenters. The number of piperazine rings is 1. The lowest BCUT2D eigenvalue weighted by molar-refractivity contribution is 0.0308. The van der Waals surface area contributed by atoms with Crippen molar-refractivity contribution in [3.05, 3.63) is 11.6 Å². The molecule has 0 spiro atoms. The van der Waals surface area contributed by atoms with Gasteiger partial charge in [-0.3, -0.25) is 4.90 Å². The zero-order chi connectivity index (χ0) is 12.5. The van der Waals surface area contributed by atoms with E-state index in [1.54, 1.807) is 11.3 Å². The van der Waals surface area contributed by atoms with Gasteiger partial charge in [0.25, 0.3) is 0 Å². The monoisotopic (exact) mass is 255 g/mol. The van der Waals surface area contributed by atoms with Gasteiger partial charge >= 0.3 is 0 Å². The summed E-state index contributed by atoms with van der Waals surface area (Å²) in [6, 6.07) is 0.456. The van der Waals surface area contributed by atoms with Crippen LogP contribution in [-0.2, 0) is 0 Å². The largest absolute Gasteiger partial charge is 0.389 e. The first-order valence-electron chi connectivity index (χ1n) is 6.06. The van der Waals surface area contributed by atoms with Crippen LogP contribution < -0.4 is 4.90 Å². The summed E-state index contributed by atoms with van der Waals surface area (Å²) in [5, 5.41) is 13.0. The van der Waals surface area contributed by atoms with E-state index in [0.717, 1.165) is 31.3 Å². The Morgan fingerprint density at radius 2 is 2.29 bits per heavy atom. The Labute approximate surface area is 107 Å². The van der Waals surface area contributed by atoms with Crippen LogP contribution in [0, 0.1) is 0 Å². The summed E-state index contributed by atoms with van der Waals surface area (Å²) >= 11 is 1.69. The van der Waals surface area contributed by atoms with Crippen LogP contribution in [0.25, 0.3) is 0 Å². The highest BCUT2D eigenvalue weighted by molar-refractivity contribution is 7.13. The topological polar surface area (TPSA) is 39.6 Å². The molecule has 5 heteroatoms. The summed E-state index contributed by atoms with van der Waals surface area (Å²) in [5.74, 6) is 0. The van der Waals surface area contributed by atoms with Gasteiger partial charge in [0.05, 0.1) is 5.60 Å². The van der Waals surface area contributed by atoms with Crippen LogP contribution in [0.4, 0.5) is 5.13 Å². The quantitative estimate of drug-likeness (QED) is 0.887. The van der Waals surface area contributed by atoms with E-state index in [4.69, 9.17) is 0 Å². The number of hydrogen-bond donors (Lipinski definition) is 1. The Hall–Kier alpha value is -0.650. The second kappa shape index (κ2) is 4.92. The minimum absolute atomic E-state index is 0.456. The number of aromatic nitrogens is 1. The zero-order valence-electron chi connectivity index (χ0n) is 10.8. The predicted octanol–water partition coefficient (Wildman–Crippen LogP) is 1.42. The average molecular weight is 255 g/mol. The molecule has 0 bridgehead atoms. The van der Waals surface area contributed by atoms with E-state index in [1.165, 1.54) is 0 Å². The second-order valence-corrected chi connectivity index (χ2v) is 6.28. The normalized spacial score (nSPS) is 23.1. The molecule has 0 amide bonds. The van der Waals surface area contributed by atoms with Crippen LogP contribution in [0.15, 0.2) is 11.6 Å². The van der Waals surface area contributed by atoms with E-state index < -0.39 is 5.60 Å². The van der Waals surface area contributed by atoms with E-state index in [-0.39, 0.29) is 0 Å². The van der Waals surface area contributed by atoms with Crippen LogP contribution in [0.3, 0.4) is 0 Å². The van der Waals surface area contributed by atoms with E-state index >= 15 is 0 Å². The maximum atomic E-state index is 9.84. The van der Waals surface area contributed by atoms with E-state index in [0.29, 0.717) is 6.04 Å². The Kier molecular flexibility index (Phi) is 3.70. The lowest BCUT2D eigenvalue weighted by Crippen LogP contribution is -2.54. The van der Waals surface area contributed by atoms with Gasteiger partial charge in [0.2, 0.25) is 0 Å².